The fourth-order valence-corrected chi connectivity index (χ4v) is 5.03. The van der Waals surface area contributed by atoms with Crippen LogP contribution in [0.25, 0.3) is 0 Å². The normalized spacial score (nSPS) is 23.4. The summed E-state index contributed by atoms with van der Waals surface area (Å²) in [6, 6.07) is 2.50. The van der Waals surface area contributed by atoms with Crippen LogP contribution in [0.4, 0.5) is 0 Å². The van der Waals surface area contributed by atoms with Gasteiger partial charge in [-0.2, -0.15) is 4.31 Å². The molecule has 1 aliphatic rings. The molecule has 1 aromatic rings. The molecule has 1 amide bonds. The third-order valence-electron chi connectivity index (χ3n) is 5.43. The molecule has 1 heterocycles. The Morgan fingerprint density at radius 3 is 2.41 bits per heavy atom. The summed E-state index contributed by atoms with van der Waals surface area (Å²) in [7, 11) is -3.68. The van der Waals surface area contributed by atoms with Crippen LogP contribution in [0.2, 0.25) is 0 Å². The van der Waals surface area contributed by atoms with Gasteiger partial charge in [0.1, 0.15) is 6.54 Å². The Hall–Kier alpha value is -1.67. The summed E-state index contributed by atoms with van der Waals surface area (Å²) < 4.78 is 27.8. The van der Waals surface area contributed by atoms with Crippen LogP contribution in [0.5, 0.6) is 0 Å². The van der Waals surface area contributed by atoms with E-state index in [1.54, 1.807) is 13.8 Å². The maximum Gasteiger partial charge on any atom is 0.251 e. The van der Waals surface area contributed by atoms with Gasteiger partial charge >= 0.3 is 0 Å². The zero-order valence-corrected chi connectivity index (χ0v) is 17.5. The number of hydrogen-bond donors (Lipinski definition) is 1. The van der Waals surface area contributed by atoms with Crippen molar-refractivity contribution in [3.8, 4) is 0 Å². The van der Waals surface area contributed by atoms with Crippen LogP contribution in [0.15, 0.2) is 28.0 Å². The van der Waals surface area contributed by atoms with Crippen molar-refractivity contribution in [1.29, 1.82) is 0 Å². The van der Waals surface area contributed by atoms with Crippen molar-refractivity contribution >= 4 is 15.9 Å². The predicted molar refractivity (Wildman–Crippen MR) is 105 cm³/mol. The van der Waals surface area contributed by atoms with Crippen molar-refractivity contribution in [3.63, 3.8) is 0 Å². The summed E-state index contributed by atoms with van der Waals surface area (Å²) in [4.78, 5) is 24.7. The van der Waals surface area contributed by atoms with Gasteiger partial charge in [0.15, 0.2) is 0 Å². The lowest BCUT2D eigenvalue weighted by Gasteiger charge is -2.37. The zero-order chi connectivity index (χ0) is 20.2. The number of rotatable bonds is 7. The molecule has 0 bridgehead atoms. The summed E-state index contributed by atoms with van der Waals surface area (Å²) in [6.07, 6.45) is 5.21. The molecule has 0 saturated heterocycles. The smallest absolute Gasteiger partial charge is 0.251 e. The highest BCUT2D eigenvalue weighted by molar-refractivity contribution is 7.89. The van der Waals surface area contributed by atoms with Crippen LogP contribution in [0.3, 0.4) is 0 Å². The lowest BCUT2D eigenvalue weighted by molar-refractivity contribution is -0.124. The largest absolute Gasteiger partial charge is 0.349 e. The average molecular weight is 398 g/mol. The maximum absolute atomic E-state index is 12.7. The number of pyridine rings is 1. The first-order valence-electron chi connectivity index (χ1n) is 9.63. The standard InChI is InChI=1S/C19H31N3O4S/c1-5-22(6-2)27(25,26)16-7-8-18(24)21(13-16)14-17(23)20-19(4)11-9-15(3)10-12-19/h7-8,13,15H,5-6,9-12,14H2,1-4H3,(H,20,23). The van der Waals surface area contributed by atoms with Crippen LogP contribution < -0.4 is 10.9 Å². The molecule has 0 unspecified atom stereocenters. The number of sulfonamides is 1. The van der Waals surface area contributed by atoms with E-state index in [9.17, 15) is 18.0 Å². The van der Waals surface area contributed by atoms with Gasteiger partial charge in [-0.25, -0.2) is 8.42 Å². The minimum atomic E-state index is -3.68. The molecule has 7 nitrogen and oxygen atoms in total. The molecule has 1 aromatic heterocycles. The maximum atomic E-state index is 12.7. The van der Waals surface area contributed by atoms with E-state index in [4.69, 9.17) is 0 Å². The molecule has 1 saturated carbocycles. The zero-order valence-electron chi connectivity index (χ0n) is 16.7. The fraction of sp³-hybridized carbons (Fsp3) is 0.684. The number of amides is 1. The van der Waals surface area contributed by atoms with Crippen LogP contribution >= 0.6 is 0 Å². The summed E-state index contributed by atoms with van der Waals surface area (Å²) in [5.41, 5.74) is -0.663. The molecule has 27 heavy (non-hydrogen) atoms. The second-order valence-corrected chi connectivity index (χ2v) is 9.65. The molecule has 2 rings (SSSR count). The summed E-state index contributed by atoms with van der Waals surface area (Å²) in [5.74, 6) is 0.395. The number of carbonyl (C=O) groups excluding carboxylic acids is 1. The minimum absolute atomic E-state index is 0.0244. The highest BCUT2D eigenvalue weighted by Gasteiger charge is 2.31. The molecule has 152 valence electrons. The van der Waals surface area contributed by atoms with E-state index in [1.165, 1.54) is 27.2 Å². The fourth-order valence-electron chi connectivity index (χ4n) is 3.55. The SMILES string of the molecule is CCN(CC)S(=O)(=O)c1ccc(=O)n(CC(=O)NC2(C)CCC(C)CC2)c1. The number of nitrogens with one attached hydrogen (secondary N) is 1. The Kier molecular flexibility index (Phi) is 6.86. The molecule has 1 N–H and O–H groups in total. The van der Waals surface area contributed by atoms with Crippen LogP contribution in [0, 0.1) is 5.92 Å². The Morgan fingerprint density at radius 2 is 1.85 bits per heavy atom. The van der Waals surface area contributed by atoms with Gasteiger partial charge in [-0.1, -0.05) is 20.8 Å². The topological polar surface area (TPSA) is 88.5 Å². The van der Waals surface area contributed by atoms with Gasteiger partial charge in [-0.05, 0) is 44.6 Å². The number of aromatic nitrogens is 1. The van der Waals surface area contributed by atoms with Crippen molar-refractivity contribution in [3.05, 3.63) is 28.7 Å². The minimum Gasteiger partial charge on any atom is -0.349 e. The van der Waals surface area contributed by atoms with Crippen molar-refractivity contribution < 1.29 is 13.2 Å². The third-order valence-corrected chi connectivity index (χ3v) is 7.47. The second-order valence-electron chi connectivity index (χ2n) is 7.71. The van der Waals surface area contributed by atoms with Crippen LogP contribution in [0.1, 0.15) is 53.4 Å². The molecule has 0 aliphatic heterocycles. The Morgan fingerprint density at radius 1 is 1.26 bits per heavy atom. The molecule has 1 fully saturated rings. The molecule has 0 aromatic carbocycles. The first-order valence-corrected chi connectivity index (χ1v) is 11.1. The summed E-state index contributed by atoms with van der Waals surface area (Å²) >= 11 is 0. The molecule has 1 aliphatic carbocycles. The Bertz CT molecular complexity index is 820. The quantitative estimate of drug-likeness (QED) is 0.762. The Balaban J connectivity index is 2.17. The van der Waals surface area contributed by atoms with Gasteiger partial charge in [0.25, 0.3) is 5.56 Å². The Labute approximate surface area is 161 Å². The van der Waals surface area contributed by atoms with E-state index in [0.29, 0.717) is 19.0 Å². The molecule has 8 heteroatoms. The van der Waals surface area contributed by atoms with Crippen molar-refractivity contribution in [1.82, 2.24) is 14.2 Å². The molecule has 0 spiro atoms. The third kappa shape index (κ3) is 5.19. The first kappa shape index (κ1) is 21.6. The lowest BCUT2D eigenvalue weighted by Crippen LogP contribution is -2.49. The van der Waals surface area contributed by atoms with E-state index in [2.05, 4.69) is 12.2 Å². The lowest BCUT2D eigenvalue weighted by atomic mass is 9.78. The molecular formula is C19H31N3O4S. The number of carbonyl (C=O) groups is 1. The van der Waals surface area contributed by atoms with E-state index in [1.807, 2.05) is 6.92 Å². The van der Waals surface area contributed by atoms with E-state index in [0.717, 1.165) is 25.7 Å². The molecule has 0 radical (unpaired) electrons. The van der Waals surface area contributed by atoms with Gasteiger partial charge in [-0.3, -0.25) is 9.59 Å². The predicted octanol–water partition coefficient (Wildman–Crippen LogP) is 1.96. The summed E-state index contributed by atoms with van der Waals surface area (Å²) in [5, 5.41) is 3.04. The monoisotopic (exact) mass is 397 g/mol. The van der Waals surface area contributed by atoms with E-state index >= 15 is 0 Å². The van der Waals surface area contributed by atoms with Gasteiger partial charge in [0.2, 0.25) is 15.9 Å². The van der Waals surface area contributed by atoms with E-state index in [-0.39, 0.29) is 22.9 Å². The van der Waals surface area contributed by atoms with Crippen LogP contribution in [-0.2, 0) is 21.4 Å². The second kappa shape index (κ2) is 8.56. The van der Waals surface area contributed by atoms with E-state index < -0.39 is 15.6 Å². The molecular weight excluding hydrogens is 366 g/mol. The van der Waals surface area contributed by atoms with Gasteiger partial charge < -0.3 is 9.88 Å². The number of hydrogen-bond acceptors (Lipinski definition) is 4. The highest BCUT2D eigenvalue weighted by atomic mass is 32.2. The van der Waals surface area contributed by atoms with Crippen molar-refractivity contribution in [2.24, 2.45) is 5.92 Å². The van der Waals surface area contributed by atoms with Crippen molar-refractivity contribution in [2.45, 2.75) is 70.4 Å². The van der Waals surface area contributed by atoms with Gasteiger partial charge in [0, 0.05) is 30.9 Å². The molecule has 0 atom stereocenters. The first-order chi connectivity index (χ1) is 12.6. The average Bonchev–Trinajstić information content (AvgIpc) is 2.60. The van der Waals surface area contributed by atoms with Crippen molar-refractivity contribution in [2.75, 3.05) is 13.1 Å². The highest BCUT2D eigenvalue weighted by Crippen LogP contribution is 2.31. The van der Waals surface area contributed by atoms with Gasteiger partial charge in [0.05, 0.1) is 4.90 Å². The van der Waals surface area contributed by atoms with Gasteiger partial charge in [-0.15, -0.1) is 0 Å². The summed E-state index contributed by atoms with van der Waals surface area (Å²) in [6.45, 7) is 8.26. The number of nitrogens with zero attached hydrogens (tertiary/aromatic N) is 2. The van der Waals surface area contributed by atoms with Crippen LogP contribution in [-0.4, -0.2) is 41.8 Å².